The molecule has 1 aromatic carbocycles. The maximum Gasteiger partial charge on any atom is 0.353 e. The van der Waals surface area contributed by atoms with Gasteiger partial charge in [-0.05, 0) is 17.5 Å². The van der Waals surface area contributed by atoms with Crippen molar-refractivity contribution in [2.45, 2.75) is 18.3 Å². The first-order valence-electron chi connectivity index (χ1n) is 9.73. The molecule has 0 spiro atoms. The average Bonchev–Trinajstić information content (AvgIpc) is 3.49. The summed E-state index contributed by atoms with van der Waals surface area (Å²) >= 11 is 4.25. The normalized spacial score (nSPS) is 20.0. The third kappa shape index (κ3) is 3.35. The molecule has 3 aromatic rings. The lowest BCUT2D eigenvalue weighted by atomic mass is 10.0. The van der Waals surface area contributed by atoms with Gasteiger partial charge >= 0.3 is 5.97 Å². The first-order valence-corrected chi connectivity index (χ1v) is 12.5. The second-order valence-electron chi connectivity index (χ2n) is 7.22. The molecule has 1 fully saturated rings. The van der Waals surface area contributed by atoms with Crippen LogP contribution in [0.1, 0.15) is 11.8 Å². The van der Waals surface area contributed by atoms with Crippen LogP contribution in [0.15, 0.2) is 59.7 Å². The Morgan fingerprint density at radius 1 is 1.19 bits per heavy atom. The van der Waals surface area contributed by atoms with Gasteiger partial charge in [0.1, 0.15) is 22.1 Å². The van der Waals surface area contributed by atoms with Gasteiger partial charge in [0.15, 0.2) is 0 Å². The number of thioether (sulfide) groups is 1. The highest BCUT2D eigenvalue weighted by atomic mass is 32.2. The molecule has 1 saturated heterocycles. The number of nitrogens with zero attached hydrogens (tertiary/aromatic N) is 3. The van der Waals surface area contributed by atoms with E-state index in [0.717, 1.165) is 15.4 Å². The Morgan fingerprint density at radius 3 is 2.62 bits per heavy atom. The van der Waals surface area contributed by atoms with Gasteiger partial charge in [0.25, 0.3) is 5.91 Å². The van der Waals surface area contributed by atoms with E-state index in [1.54, 1.807) is 12.3 Å². The molecule has 5 rings (SSSR count). The van der Waals surface area contributed by atoms with E-state index in [0.29, 0.717) is 16.3 Å². The molecule has 32 heavy (non-hydrogen) atoms. The number of carbonyl (C=O) groups is 3. The monoisotopic (exact) mass is 483 g/mol. The summed E-state index contributed by atoms with van der Waals surface area (Å²) in [6.45, 7) is 1.42. The highest BCUT2D eigenvalue weighted by molar-refractivity contribution is 8.00. The van der Waals surface area contributed by atoms with E-state index >= 15 is 0 Å². The number of benzene rings is 1. The number of hydrogen-bond donors (Lipinski definition) is 1. The Hall–Kier alpha value is -2.95. The summed E-state index contributed by atoms with van der Waals surface area (Å²) in [5, 5.41) is 12.9. The number of aromatic nitrogens is 1. The first kappa shape index (κ1) is 20.9. The second kappa shape index (κ2) is 8.19. The predicted molar refractivity (Wildman–Crippen MR) is 126 cm³/mol. The number of amides is 2. The van der Waals surface area contributed by atoms with E-state index in [-0.39, 0.29) is 17.5 Å². The average molecular weight is 484 g/mol. The Balaban J connectivity index is 1.50. The van der Waals surface area contributed by atoms with Crippen LogP contribution in [0.5, 0.6) is 0 Å². The van der Waals surface area contributed by atoms with Crippen molar-refractivity contribution in [3.05, 3.63) is 64.6 Å². The lowest BCUT2D eigenvalue weighted by Gasteiger charge is -2.52. The fourth-order valence-electron chi connectivity index (χ4n) is 3.92. The second-order valence-corrected chi connectivity index (χ2v) is 10.3. The van der Waals surface area contributed by atoms with Crippen LogP contribution >= 0.6 is 34.4 Å². The fraction of sp³-hybridized carbons (Fsp3) is 0.182. The van der Waals surface area contributed by atoms with Crippen molar-refractivity contribution in [3.8, 4) is 10.6 Å². The summed E-state index contributed by atoms with van der Waals surface area (Å²) in [7, 11) is 0. The molecule has 2 aromatic heterocycles. The summed E-state index contributed by atoms with van der Waals surface area (Å²) in [5.41, 5.74) is 1.51. The van der Waals surface area contributed by atoms with Crippen LogP contribution in [0.3, 0.4) is 0 Å². The highest BCUT2D eigenvalue weighted by Gasteiger charge is 2.57. The molecule has 2 aliphatic rings. The molecule has 0 radical (unpaired) electrons. The van der Waals surface area contributed by atoms with Crippen molar-refractivity contribution in [1.82, 2.24) is 9.88 Å². The molecule has 0 aliphatic carbocycles. The third-order valence-electron chi connectivity index (χ3n) is 5.33. The fourth-order valence-corrected chi connectivity index (χ4v) is 7.19. The number of β-lactam (4-membered cyclic amide) rings is 1. The lowest BCUT2D eigenvalue weighted by molar-refractivity contribution is -0.148. The smallest absolute Gasteiger partial charge is 0.353 e. The minimum Gasteiger partial charge on any atom is -0.477 e. The van der Waals surface area contributed by atoms with E-state index in [1.165, 1.54) is 51.2 Å². The van der Waals surface area contributed by atoms with Crippen molar-refractivity contribution >= 4 is 62.8 Å². The number of carbonyl (C=O) groups excluding carboxylic acids is 2. The van der Waals surface area contributed by atoms with Crippen molar-refractivity contribution in [1.29, 1.82) is 0 Å². The number of thiazole rings is 1. The molecule has 162 valence electrons. The van der Waals surface area contributed by atoms with Crippen LogP contribution in [0.2, 0.25) is 0 Å². The molecule has 2 amide bonds. The van der Waals surface area contributed by atoms with Crippen LogP contribution in [-0.4, -0.2) is 49.9 Å². The lowest BCUT2D eigenvalue weighted by Crippen LogP contribution is -2.71. The van der Waals surface area contributed by atoms with Gasteiger partial charge in [-0.15, -0.1) is 34.4 Å². The van der Waals surface area contributed by atoms with Gasteiger partial charge in [-0.25, -0.2) is 9.78 Å². The Morgan fingerprint density at radius 2 is 1.97 bits per heavy atom. The Kier molecular flexibility index (Phi) is 5.36. The molecule has 0 saturated carbocycles. The summed E-state index contributed by atoms with van der Waals surface area (Å²) in [5.74, 6) is -1.36. The van der Waals surface area contributed by atoms with Crippen LogP contribution in [0.25, 0.3) is 16.1 Å². The molecule has 0 bridgehead atoms. The van der Waals surface area contributed by atoms with Crippen molar-refractivity contribution in [3.63, 3.8) is 0 Å². The highest BCUT2D eigenvalue weighted by Crippen LogP contribution is 2.47. The number of aliphatic carboxylic acids is 1. The summed E-state index contributed by atoms with van der Waals surface area (Å²) < 4.78 is 0. The minimum absolute atomic E-state index is 0.0204. The largest absolute Gasteiger partial charge is 0.477 e. The van der Waals surface area contributed by atoms with E-state index in [2.05, 4.69) is 4.98 Å². The molecule has 2 atom stereocenters. The van der Waals surface area contributed by atoms with Gasteiger partial charge in [-0.1, -0.05) is 30.3 Å². The van der Waals surface area contributed by atoms with Crippen LogP contribution in [-0.2, 0) is 14.4 Å². The summed E-state index contributed by atoms with van der Waals surface area (Å²) in [6, 6.07) is 12.6. The van der Waals surface area contributed by atoms with E-state index in [1.807, 2.05) is 41.8 Å². The molecule has 10 heteroatoms. The molecule has 4 heterocycles. The predicted octanol–water partition coefficient (Wildman–Crippen LogP) is 4.00. The number of carboxylic acids is 1. The van der Waals surface area contributed by atoms with Gasteiger partial charge in [-0.2, -0.15) is 0 Å². The quantitative estimate of drug-likeness (QED) is 0.552. The topological polar surface area (TPSA) is 90.8 Å². The Labute approximate surface area is 196 Å². The van der Waals surface area contributed by atoms with Crippen LogP contribution < -0.4 is 4.90 Å². The zero-order chi connectivity index (χ0) is 22.4. The van der Waals surface area contributed by atoms with Gasteiger partial charge in [0.2, 0.25) is 5.91 Å². The number of carboxylic acid groups (broad SMARTS) is 1. The van der Waals surface area contributed by atoms with Crippen molar-refractivity contribution < 1.29 is 19.5 Å². The minimum atomic E-state index is -1.16. The maximum atomic E-state index is 13.2. The van der Waals surface area contributed by atoms with Crippen LogP contribution in [0.4, 0.5) is 5.00 Å². The molecule has 1 N–H and O–H groups in total. The van der Waals surface area contributed by atoms with Crippen molar-refractivity contribution in [2.75, 3.05) is 10.7 Å². The first-order chi connectivity index (χ1) is 15.5. The molecule has 2 unspecified atom stereocenters. The third-order valence-corrected chi connectivity index (χ3v) is 8.57. The molecular formula is C22H17N3O4S3. The Bertz CT molecular complexity index is 1240. The SMILES string of the molecule is CC(=O)N(c1cccs1)C1C(=O)N2C(C(=O)O)=C(c3cnc(-c4ccccc4)s3)CSC12. The standard InChI is InChI=1S/C22H17N3O4S3/c1-12(26)24(16-8-5-9-30-16)18-20(27)25-17(22(28)29)14(11-31-21(18)25)15-10-23-19(32-15)13-6-3-2-4-7-13/h2-10,18,21H,11H2,1H3,(H,28,29). The van der Waals surface area contributed by atoms with Gasteiger partial charge in [0, 0.05) is 30.0 Å². The summed E-state index contributed by atoms with van der Waals surface area (Å²) in [4.78, 5) is 45.7. The maximum absolute atomic E-state index is 13.2. The number of rotatable bonds is 5. The van der Waals surface area contributed by atoms with E-state index < -0.39 is 17.4 Å². The number of thiophene rings is 1. The van der Waals surface area contributed by atoms with E-state index in [4.69, 9.17) is 0 Å². The van der Waals surface area contributed by atoms with Gasteiger partial charge in [-0.3, -0.25) is 19.4 Å². The zero-order valence-corrected chi connectivity index (χ0v) is 19.2. The van der Waals surface area contributed by atoms with Crippen LogP contribution in [0, 0.1) is 0 Å². The number of hydrogen-bond acceptors (Lipinski definition) is 7. The molecule has 7 nitrogen and oxygen atoms in total. The zero-order valence-electron chi connectivity index (χ0n) is 16.8. The molecular weight excluding hydrogens is 466 g/mol. The van der Waals surface area contributed by atoms with Gasteiger partial charge < -0.3 is 5.11 Å². The number of fused-ring (bicyclic) bond motifs is 1. The van der Waals surface area contributed by atoms with Crippen molar-refractivity contribution in [2.24, 2.45) is 0 Å². The summed E-state index contributed by atoms with van der Waals surface area (Å²) in [6.07, 6.45) is 1.67. The number of anilines is 1. The van der Waals surface area contributed by atoms with Gasteiger partial charge in [0.05, 0.1) is 9.88 Å². The molecule has 2 aliphatic heterocycles. The van der Waals surface area contributed by atoms with E-state index in [9.17, 15) is 19.5 Å².